The quantitative estimate of drug-likeness (QED) is 0.331. The number of thiazole rings is 1. The highest BCUT2D eigenvalue weighted by atomic mass is 32.1. The lowest BCUT2D eigenvalue weighted by Crippen LogP contribution is -2.29. The molecule has 0 bridgehead atoms. The number of hydrogen-bond donors (Lipinski definition) is 3. The van der Waals surface area contributed by atoms with Crippen LogP contribution in [0.25, 0.3) is 0 Å². The number of hydrogen-bond acceptors (Lipinski definition) is 5. The molecule has 0 aliphatic rings. The lowest BCUT2D eigenvalue weighted by Gasteiger charge is -2.22. The second kappa shape index (κ2) is 7.19. The minimum atomic E-state index is -0.0266. The predicted octanol–water partition coefficient (Wildman–Crippen LogP) is 2.98. The molecule has 0 aliphatic carbocycles. The molecule has 0 aliphatic heterocycles. The van der Waals surface area contributed by atoms with Gasteiger partial charge in [0.2, 0.25) is 0 Å². The van der Waals surface area contributed by atoms with E-state index in [1.807, 2.05) is 42.6 Å². The van der Waals surface area contributed by atoms with Crippen molar-refractivity contribution in [3.8, 4) is 0 Å². The molecule has 2 aromatic rings. The van der Waals surface area contributed by atoms with E-state index < -0.39 is 0 Å². The average molecular weight is 304 g/mol. The molecule has 6 heteroatoms. The molecule has 1 aromatic heterocycles. The molecule has 0 fully saturated rings. The van der Waals surface area contributed by atoms with Crippen LogP contribution in [0.5, 0.6) is 0 Å². The molecule has 0 spiro atoms. The Hall–Kier alpha value is -1.92. The van der Waals surface area contributed by atoms with E-state index >= 15 is 0 Å². The maximum atomic E-state index is 8.81. The molecule has 1 heterocycles. The van der Waals surface area contributed by atoms with E-state index in [1.165, 1.54) is 0 Å². The Morgan fingerprint density at radius 3 is 2.71 bits per heavy atom. The highest BCUT2D eigenvalue weighted by Crippen LogP contribution is 2.24. The van der Waals surface area contributed by atoms with Crippen LogP contribution in [0.15, 0.2) is 40.9 Å². The van der Waals surface area contributed by atoms with Gasteiger partial charge in [-0.05, 0) is 19.4 Å². The van der Waals surface area contributed by atoms with Crippen molar-refractivity contribution in [1.82, 2.24) is 10.3 Å². The van der Waals surface area contributed by atoms with Crippen LogP contribution in [0, 0.1) is 6.92 Å². The first-order valence-electron chi connectivity index (χ1n) is 6.79. The number of rotatable bonds is 6. The number of benzene rings is 1. The summed E-state index contributed by atoms with van der Waals surface area (Å²) in [6, 6.07) is 10.1. The van der Waals surface area contributed by atoms with Gasteiger partial charge in [0.1, 0.15) is 10.8 Å². The zero-order valence-corrected chi connectivity index (χ0v) is 13.0. The summed E-state index contributed by atoms with van der Waals surface area (Å²) < 4.78 is 0. The van der Waals surface area contributed by atoms with Crippen molar-refractivity contribution in [3.63, 3.8) is 0 Å². The Morgan fingerprint density at radius 1 is 1.43 bits per heavy atom. The van der Waals surface area contributed by atoms with E-state index in [9.17, 15) is 0 Å². The molecule has 0 saturated carbocycles. The summed E-state index contributed by atoms with van der Waals surface area (Å²) in [7, 11) is 0. The first-order chi connectivity index (χ1) is 10.1. The molecule has 2 atom stereocenters. The van der Waals surface area contributed by atoms with Crippen LogP contribution in [0.2, 0.25) is 0 Å². The Morgan fingerprint density at radius 2 is 2.14 bits per heavy atom. The van der Waals surface area contributed by atoms with Crippen LogP contribution in [-0.2, 0) is 0 Å². The van der Waals surface area contributed by atoms with Gasteiger partial charge in [0.05, 0.1) is 6.04 Å². The van der Waals surface area contributed by atoms with Crippen LogP contribution in [-0.4, -0.2) is 16.0 Å². The van der Waals surface area contributed by atoms with Crippen molar-refractivity contribution in [1.29, 1.82) is 0 Å². The molecule has 5 nitrogen and oxygen atoms in total. The van der Waals surface area contributed by atoms with E-state index in [4.69, 9.17) is 10.9 Å². The molecule has 21 heavy (non-hydrogen) atoms. The SMILES string of the molecule is Cc1csc(C(C)NC(CC(N)=NO)c2ccccc2)n1. The highest BCUT2D eigenvalue weighted by Gasteiger charge is 2.18. The number of nitrogens with zero attached hydrogens (tertiary/aromatic N) is 2. The van der Waals surface area contributed by atoms with E-state index in [1.54, 1.807) is 11.3 Å². The van der Waals surface area contributed by atoms with Gasteiger partial charge in [0.25, 0.3) is 0 Å². The van der Waals surface area contributed by atoms with Crippen molar-refractivity contribution in [3.05, 3.63) is 52.0 Å². The minimum absolute atomic E-state index is 0.0266. The third kappa shape index (κ3) is 4.27. The smallest absolute Gasteiger partial charge is 0.141 e. The Kier molecular flexibility index (Phi) is 5.30. The molecule has 1 aromatic carbocycles. The van der Waals surface area contributed by atoms with Gasteiger partial charge in [-0.25, -0.2) is 4.98 Å². The van der Waals surface area contributed by atoms with Crippen LogP contribution in [0.4, 0.5) is 0 Å². The van der Waals surface area contributed by atoms with Crippen molar-refractivity contribution >= 4 is 17.2 Å². The summed E-state index contributed by atoms with van der Waals surface area (Å²) in [5.74, 6) is 0.207. The number of oxime groups is 1. The van der Waals surface area contributed by atoms with Gasteiger partial charge in [0, 0.05) is 23.5 Å². The van der Waals surface area contributed by atoms with Gasteiger partial charge in [-0.1, -0.05) is 35.5 Å². The molecule has 2 rings (SSSR count). The standard InChI is InChI=1S/C15H20N4OS/c1-10-9-21-15(17-10)11(2)18-13(8-14(16)19-20)12-6-4-3-5-7-12/h3-7,9,11,13,18,20H,8H2,1-2H3,(H2,16,19). The van der Waals surface area contributed by atoms with E-state index in [-0.39, 0.29) is 17.9 Å². The van der Waals surface area contributed by atoms with Gasteiger partial charge < -0.3 is 16.3 Å². The summed E-state index contributed by atoms with van der Waals surface area (Å²) in [4.78, 5) is 4.50. The lowest BCUT2D eigenvalue weighted by atomic mass is 10.0. The predicted molar refractivity (Wildman–Crippen MR) is 85.6 cm³/mol. The molecule has 4 N–H and O–H groups in total. The third-order valence-corrected chi connectivity index (χ3v) is 4.35. The summed E-state index contributed by atoms with van der Waals surface area (Å²) in [6.07, 6.45) is 0.440. The summed E-state index contributed by atoms with van der Waals surface area (Å²) in [6.45, 7) is 4.05. The minimum Gasteiger partial charge on any atom is -0.409 e. The normalized spacial score (nSPS) is 14.9. The van der Waals surface area contributed by atoms with Crippen LogP contribution < -0.4 is 11.1 Å². The number of aryl methyl sites for hydroxylation is 1. The topological polar surface area (TPSA) is 83.5 Å². The zero-order chi connectivity index (χ0) is 15.2. The molecule has 0 amide bonds. The van der Waals surface area contributed by atoms with Crippen LogP contribution in [0.3, 0.4) is 0 Å². The summed E-state index contributed by atoms with van der Waals surface area (Å²) in [5, 5.41) is 18.5. The van der Waals surface area contributed by atoms with Crippen molar-refractivity contribution in [2.45, 2.75) is 32.4 Å². The Bertz CT molecular complexity index is 597. The van der Waals surface area contributed by atoms with Crippen LogP contribution in [0.1, 0.15) is 41.7 Å². The van der Waals surface area contributed by atoms with Gasteiger partial charge >= 0.3 is 0 Å². The summed E-state index contributed by atoms with van der Waals surface area (Å²) >= 11 is 1.63. The van der Waals surface area contributed by atoms with Gasteiger partial charge in [-0.2, -0.15) is 0 Å². The van der Waals surface area contributed by atoms with Gasteiger partial charge in [-0.3, -0.25) is 0 Å². The largest absolute Gasteiger partial charge is 0.409 e. The van der Waals surface area contributed by atoms with Crippen molar-refractivity contribution < 1.29 is 5.21 Å². The van der Waals surface area contributed by atoms with Gasteiger partial charge in [-0.15, -0.1) is 11.3 Å². The van der Waals surface area contributed by atoms with E-state index in [0.717, 1.165) is 16.3 Å². The zero-order valence-electron chi connectivity index (χ0n) is 12.2. The average Bonchev–Trinajstić information content (AvgIpc) is 2.94. The maximum Gasteiger partial charge on any atom is 0.141 e. The van der Waals surface area contributed by atoms with Gasteiger partial charge in [0.15, 0.2) is 0 Å². The number of nitrogens with one attached hydrogen (secondary N) is 1. The third-order valence-electron chi connectivity index (χ3n) is 3.20. The first-order valence-corrected chi connectivity index (χ1v) is 7.67. The molecule has 0 saturated heterocycles. The second-order valence-electron chi connectivity index (χ2n) is 4.97. The fraction of sp³-hybridized carbons (Fsp3) is 0.333. The van der Waals surface area contributed by atoms with Crippen molar-refractivity contribution in [2.75, 3.05) is 0 Å². The first kappa shape index (κ1) is 15.5. The molecular weight excluding hydrogens is 284 g/mol. The fourth-order valence-electron chi connectivity index (χ4n) is 2.15. The second-order valence-corrected chi connectivity index (χ2v) is 5.86. The molecule has 0 radical (unpaired) electrons. The number of amidine groups is 1. The fourth-order valence-corrected chi connectivity index (χ4v) is 2.97. The molecule has 2 unspecified atom stereocenters. The maximum absolute atomic E-state index is 8.81. The summed E-state index contributed by atoms with van der Waals surface area (Å²) in [5.41, 5.74) is 7.80. The number of nitrogens with two attached hydrogens (primary N) is 1. The molecular formula is C15H20N4OS. The Labute approximate surface area is 128 Å². The van der Waals surface area contributed by atoms with E-state index in [2.05, 4.69) is 22.4 Å². The monoisotopic (exact) mass is 304 g/mol. The van der Waals surface area contributed by atoms with Crippen LogP contribution >= 0.6 is 11.3 Å². The number of aromatic nitrogens is 1. The van der Waals surface area contributed by atoms with Crippen molar-refractivity contribution in [2.24, 2.45) is 10.9 Å². The highest BCUT2D eigenvalue weighted by molar-refractivity contribution is 7.09. The Balaban J connectivity index is 2.16. The lowest BCUT2D eigenvalue weighted by molar-refractivity contribution is 0.315. The van der Waals surface area contributed by atoms with E-state index in [0.29, 0.717) is 6.42 Å². The molecule has 112 valence electrons.